The zero-order valence-corrected chi connectivity index (χ0v) is 10.6. The highest BCUT2D eigenvalue weighted by Gasteiger charge is 2.24. The van der Waals surface area contributed by atoms with Crippen molar-refractivity contribution in [2.45, 2.75) is 18.9 Å². The molecule has 0 aliphatic carbocycles. The van der Waals surface area contributed by atoms with Crippen molar-refractivity contribution in [2.75, 3.05) is 13.2 Å². The first-order chi connectivity index (χ1) is 8.36. The Morgan fingerprint density at radius 2 is 2.00 bits per heavy atom. The van der Waals surface area contributed by atoms with Crippen LogP contribution in [0.1, 0.15) is 24.4 Å². The summed E-state index contributed by atoms with van der Waals surface area (Å²) in [6, 6.07) is 8.69. The summed E-state index contributed by atoms with van der Waals surface area (Å²) >= 11 is 1.80. The summed E-state index contributed by atoms with van der Waals surface area (Å²) in [4.78, 5) is 0. The zero-order chi connectivity index (χ0) is 11.7. The van der Waals surface area contributed by atoms with Crippen molar-refractivity contribution in [1.29, 1.82) is 0 Å². The van der Waals surface area contributed by atoms with E-state index in [1.807, 2.05) is 0 Å². The third-order valence-corrected chi connectivity index (χ3v) is 4.63. The lowest BCUT2D eigenvalue weighted by molar-refractivity contribution is 0.0585. The Hall–Kier alpha value is -0.900. The maximum atomic E-state index is 6.43. The van der Waals surface area contributed by atoms with E-state index in [-0.39, 0.29) is 6.04 Å². The Kier molecular flexibility index (Phi) is 3.14. The molecule has 0 unspecified atom stereocenters. The summed E-state index contributed by atoms with van der Waals surface area (Å²) in [6.07, 6.45) is 2.18. The number of ether oxygens (including phenoxy) is 1. The SMILES string of the molecule is N[C@@H](c1csc2ccccc12)C1CCOCC1. The van der Waals surface area contributed by atoms with Gasteiger partial charge in [-0.15, -0.1) is 11.3 Å². The summed E-state index contributed by atoms with van der Waals surface area (Å²) in [6.45, 7) is 1.72. The Morgan fingerprint density at radius 3 is 2.82 bits per heavy atom. The van der Waals surface area contributed by atoms with E-state index in [2.05, 4.69) is 29.6 Å². The lowest BCUT2D eigenvalue weighted by Crippen LogP contribution is -2.27. The second-order valence-electron chi connectivity index (χ2n) is 4.66. The normalized spacial score (nSPS) is 19.6. The van der Waals surface area contributed by atoms with Crippen LogP contribution in [0.25, 0.3) is 10.1 Å². The second-order valence-corrected chi connectivity index (χ2v) is 5.57. The molecule has 1 aliphatic heterocycles. The smallest absolute Gasteiger partial charge is 0.0469 e. The predicted octanol–water partition coefficient (Wildman–Crippen LogP) is 3.33. The highest BCUT2D eigenvalue weighted by Crippen LogP contribution is 2.35. The number of fused-ring (bicyclic) bond motifs is 1. The van der Waals surface area contributed by atoms with E-state index >= 15 is 0 Å². The second kappa shape index (κ2) is 4.77. The molecule has 0 spiro atoms. The van der Waals surface area contributed by atoms with E-state index in [0.29, 0.717) is 5.92 Å². The van der Waals surface area contributed by atoms with Crippen LogP contribution in [0.3, 0.4) is 0 Å². The van der Waals surface area contributed by atoms with Gasteiger partial charge in [0.25, 0.3) is 0 Å². The largest absolute Gasteiger partial charge is 0.381 e. The minimum absolute atomic E-state index is 0.162. The molecule has 2 heterocycles. The maximum Gasteiger partial charge on any atom is 0.0469 e. The van der Waals surface area contributed by atoms with Gasteiger partial charge in [0.1, 0.15) is 0 Å². The summed E-state index contributed by atoms with van der Waals surface area (Å²) in [5, 5.41) is 3.56. The van der Waals surface area contributed by atoms with Gasteiger partial charge in [0.15, 0.2) is 0 Å². The van der Waals surface area contributed by atoms with Gasteiger partial charge in [0.05, 0.1) is 0 Å². The molecule has 3 heteroatoms. The van der Waals surface area contributed by atoms with Crippen LogP contribution in [0, 0.1) is 5.92 Å². The molecule has 2 aromatic rings. The molecule has 0 bridgehead atoms. The third-order valence-electron chi connectivity index (χ3n) is 3.64. The van der Waals surface area contributed by atoms with Crippen LogP contribution in [0.5, 0.6) is 0 Å². The number of nitrogens with two attached hydrogens (primary N) is 1. The van der Waals surface area contributed by atoms with Crippen LogP contribution in [0.2, 0.25) is 0 Å². The van der Waals surface area contributed by atoms with Gasteiger partial charge in [0, 0.05) is 24.0 Å². The van der Waals surface area contributed by atoms with Gasteiger partial charge in [-0.25, -0.2) is 0 Å². The van der Waals surface area contributed by atoms with Crippen LogP contribution >= 0.6 is 11.3 Å². The van der Waals surface area contributed by atoms with Gasteiger partial charge >= 0.3 is 0 Å². The van der Waals surface area contributed by atoms with Crippen molar-refractivity contribution in [3.8, 4) is 0 Å². The topological polar surface area (TPSA) is 35.2 Å². The fourth-order valence-electron chi connectivity index (χ4n) is 2.59. The summed E-state index contributed by atoms with van der Waals surface area (Å²) in [7, 11) is 0. The van der Waals surface area contributed by atoms with Gasteiger partial charge in [-0.05, 0) is 41.2 Å². The molecule has 90 valence electrons. The first-order valence-corrected chi connectivity index (χ1v) is 7.03. The number of hydrogen-bond acceptors (Lipinski definition) is 3. The molecule has 17 heavy (non-hydrogen) atoms. The van der Waals surface area contributed by atoms with Crippen LogP contribution in [0.4, 0.5) is 0 Å². The number of hydrogen-bond donors (Lipinski definition) is 1. The molecule has 1 fully saturated rings. The van der Waals surface area contributed by atoms with Crippen molar-refractivity contribution in [2.24, 2.45) is 11.7 Å². The van der Waals surface area contributed by atoms with Gasteiger partial charge in [-0.3, -0.25) is 0 Å². The number of benzene rings is 1. The van der Waals surface area contributed by atoms with Crippen molar-refractivity contribution in [3.05, 3.63) is 35.2 Å². The van der Waals surface area contributed by atoms with Crippen molar-refractivity contribution in [1.82, 2.24) is 0 Å². The van der Waals surface area contributed by atoms with Gasteiger partial charge in [-0.1, -0.05) is 18.2 Å². The molecule has 2 N–H and O–H groups in total. The Labute approximate surface area is 105 Å². The molecule has 1 aromatic heterocycles. The van der Waals surface area contributed by atoms with Crippen LogP contribution in [0.15, 0.2) is 29.6 Å². The molecule has 0 saturated carbocycles. The molecule has 1 atom stereocenters. The van der Waals surface area contributed by atoms with E-state index in [0.717, 1.165) is 26.1 Å². The lowest BCUT2D eigenvalue weighted by atomic mass is 9.88. The van der Waals surface area contributed by atoms with Crippen LogP contribution in [-0.4, -0.2) is 13.2 Å². The molecule has 3 rings (SSSR count). The zero-order valence-electron chi connectivity index (χ0n) is 9.76. The maximum absolute atomic E-state index is 6.43. The average molecular weight is 247 g/mol. The highest BCUT2D eigenvalue weighted by atomic mass is 32.1. The Morgan fingerprint density at radius 1 is 1.24 bits per heavy atom. The van der Waals surface area contributed by atoms with E-state index in [1.165, 1.54) is 15.6 Å². The van der Waals surface area contributed by atoms with E-state index in [9.17, 15) is 0 Å². The monoisotopic (exact) mass is 247 g/mol. The van der Waals surface area contributed by atoms with Gasteiger partial charge < -0.3 is 10.5 Å². The Balaban J connectivity index is 1.92. The quantitative estimate of drug-likeness (QED) is 0.883. The third kappa shape index (κ3) is 2.10. The first-order valence-electron chi connectivity index (χ1n) is 6.16. The molecule has 2 nitrogen and oxygen atoms in total. The van der Waals surface area contributed by atoms with Gasteiger partial charge in [0.2, 0.25) is 0 Å². The number of thiophene rings is 1. The van der Waals surface area contributed by atoms with Crippen molar-refractivity contribution >= 4 is 21.4 Å². The minimum atomic E-state index is 0.162. The fourth-order valence-corrected chi connectivity index (χ4v) is 3.59. The highest BCUT2D eigenvalue weighted by molar-refractivity contribution is 7.17. The molecular formula is C14H17NOS. The molecular weight excluding hydrogens is 230 g/mol. The number of rotatable bonds is 2. The fraction of sp³-hybridized carbons (Fsp3) is 0.429. The van der Waals surface area contributed by atoms with Crippen LogP contribution in [-0.2, 0) is 4.74 Å². The Bertz CT molecular complexity index is 502. The van der Waals surface area contributed by atoms with Crippen LogP contribution < -0.4 is 5.73 Å². The molecule has 1 saturated heterocycles. The summed E-state index contributed by atoms with van der Waals surface area (Å²) in [5.74, 6) is 0.571. The molecule has 0 amide bonds. The molecule has 1 aliphatic rings. The summed E-state index contributed by atoms with van der Waals surface area (Å²) < 4.78 is 6.74. The average Bonchev–Trinajstić information content (AvgIpc) is 2.83. The van der Waals surface area contributed by atoms with E-state index in [4.69, 9.17) is 10.5 Å². The molecule has 1 aromatic carbocycles. The summed E-state index contributed by atoms with van der Waals surface area (Å²) in [5.41, 5.74) is 7.75. The van der Waals surface area contributed by atoms with Crippen molar-refractivity contribution < 1.29 is 4.74 Å². The van der Waals surface area contributed by atoms with Gasteiger partial charge in [-0.2, -0.15) is 0 Å². The lowest BCUT2D eigenvalue weighted by Gasteiger charge is -2.27. The first kappa shape index (κ1) is 11.2. The standard InChI is InChI=1S/C14H17NOS/c15-14(10-5-7-16-8-6-10)12-9-17-13-4-2-1-3-11(12)13/h1-4,9-10,14H,5-8,15H2/t14-/m1/s1. The van der Waals surface area contributed by atoms with E-state index in [1.54, 1.807) is 11.3 Å². The predicted molar refractivity (Wildman–Crippen MR) is 72.3 cm³/mol. The van der Waals surface area contributed by atoms with Crippen molar-refractivity contribution in [3.63, 3.8) is 0 Å². The minimum Gasteiger partial charge on any atom is -0.381 e. The van der Waals surface area contributed by atoms with E-state index < -0.39 is 0 Å². The molecule has 0 radical (unpaired) electrons.